The van der Waals surface area contributed by atoms with Crippen molar-refractivity contribution in [2.24, 2.45) is 0 Å². The quantitative estimate of drug-likeness (QED) is 0.568. The summed E-state index contributed by atoms with van der Waals surface area (Å²) in [6.07, 6.45) is 0. The SMILES string of the molecule is Cc1noc(C)c1S(=O)(=O)NCC(=O)OCC(=O)c1ccc(Cl)cc1. The van der Waals surface area contributed by atoms with Crippen LogP contribution in [0.2, 0.25) is 5.02 Å². The Balaban J connectivity index is 1.88. The monoisotopic (exact) mass is 386 g/mol. The molecule has 0 spiro atoms. The number of carbonyl (C=O) groups is 2. The fourth-order valence-electron chi connectivity index (χ4n) is 2.00. The van der Waals surface area contributed by atoms with Gasteiger partial charge in [-0.3, -0.25) is 9.59 Å². The Labute approximate surface area is 149 Å². The summed E-state index contributed by atoms with van der Waals surface area (Å²) in [5.41, 5.74) is 0.504. The van der Waals surface area contributed by atoms with Crippen molar-refractivity contribution in [2.75, 3.05) is 13.2 Å². The summed E-state index contributed by atoms with van der Waals surface area (Å²) < 4.78 is 35.9. The van der Waals surface area contributed by atoms with Gasteiger partial charge in [-0.1, -0.05) is 16.8 Å². The number of esters is 1. The molecule has 0 unspecified atom stereocenters. The van der Waals surface area contributed by atoms with E-state index in [-0.39, 0.29) is 16.3 Å². The molecule has 0 aliphatic heterocycles. The van der Waals surface area contributed by atoms with Crippen LogP contribution in [-0.2, 0) is 19.6 Å². The highest BCUT2D eigenvalue weighted by Gasteiger charge is 2.25. The van der Waals surface area contributed by atoms with Crippen molar-refractivity contribution in [3.8, 4) is 0 Å². The third-order valence-corrected chi connectivity index (χ3v) is 5.07. The number of Topliss-reactive ketones (excluding diaryl/α,β-unsaturated/α-hetero) is 1. The number of sulfonamides is 1. The minimum Gasteiger partial charge on any atom is -0.456 e. The van der Waals surface area contributed by atoms with E-state index in [2.05, 4.69) is 9.88 Å². The summed E-state index contributed by atoms with van der Waals surface area (Å²) in [7, 11) is -3.98. The van der Waals surface area contributed by atoms with Crippen LogP contribution in [0.25, 0.3) is 0 Å². The molecular formula is C15H15ClN2O6S. The Bertz CT molecular complexity index is 870. The van der Waals surface area contributed by atoms with Gasteiger partial charge in [-0.15, -0.1) is 0 Å². The number of aryl methyl sites for hydroxylation is 2. The third-order valence-electron chi connectivity index (χ3n) is 3.17. The lowest BCUT2D eigenvalue weighted by Gasteiger charge is -2.07. The van der Waals surface area contributed by atoms with Crippen LogP contribution >= 0.6 is 11.6 Å². The summed E-state index contributed by atoms with van der Waals surface area (Å²) in [4.78, 5) is 23.4. The molecule has 0 fully saturated rings. The number of ketones is 1. The molecular weight excluding hydrogens is 372 g/mol. The van der Waals surface area contributed by atoms with Crippen molar-refractivity contribution in [3.63, 3.8) is 0 Å². The standard InChI is InChI=1S/C15H15ClN2O6S/c1-9-15(10(2)24-18-9)25(21,22)17-7-14(20)23-8-13(19)11-3-5-12(16)6-4-11/h3-6,17H,7-8H2,1-2H3. The molecule has 1 heterocycles. The van der Waals surface area contributed by atoms with Gasteiger partial charge in [0.25, 0.3) is 0 Å². The summed E-state index contributed by atoms with van der Waals surface area (Å²) in [5, 5.41) is 4.02. The molecule has 0 amide bonds. The number of benzene rings is 1. The van der Waals surface area contributed by atoms with Gasteiger partial charge in [0.2, 0.25) is 10.0 Å². The van der Waals surface area contributed by atoms with Crippen molar-refractivity contribution in [1.82, 2.24) is 9.88 Å². The van der Waals surface area contributed by atoms with Crippen LogP contribution in [0.4, 0.5) is 0 Å². The van der Waals surface area contributed by atoms with Gasteiger partial charge in [0.15, 0.2) is 18.2 Å². The first-order chi connectivity index (χ1) is 11.7. The molecule has 0 radical (unpaired) electrons. The maximum atomic E-state index is 12.1. The maximum Gasteiger partial charge on any atom is 0.321 e. The Morgan fingerprint density at radius 1 is 1.24 bits per heavy atom. The maximum absolute atomic E-state index is 12.1. The molecule has 0 bridgehead atoms. The Kier molecular flexibility index (Phi) is 5.93. The van der Waals surface area contributed by atoms with Crippen LogP contribution < -0.4 is 4.72 Å². The van der Waals surface area contributed by atoms with E-state index < -0.39 is 34.9 Å². The molecule has 25 heavy (non-hydrogen) atoms. The van der Waals surface area contributed by atoms with Crippen LogP contribution in [0.1, 0.15) is 21.8 Å². The second kappa shape index (κ2) is 7.77. The number of aromatic nitrogens is 1. The van der Waals surface area contributed by atoms with E-state index in [4.69, 9.17) is 20.9 Å². The van der Waals surface area contributed by atoms with Crippen molar-refractivity contribution in [1.29, 1.82) is 0 Å². The van der Waals surface area contributed by atoms with Gasteiger partial charge >= 0.3 is 5.97 Å². The van der Waals surface area contributed by atoms with Crippen LogP contribution in [0.3, 0.4) is 0 Å². The summed E-state index contributed by atoms with van der Waals surface area (Å²) >= 11 is 5.72. The van der Waals surface area contributed by atoms with E-state index in [0.29, 0.717) is 10.6 Å². The zero-order valence-corrected chi connectivity index (χ0v) is 15.0. The highest BCUT2D eigenvalue weighted by atomic mass is 35.5. The topological polar surface area (TPSA) is 116 Å². The van der Waals surface area contributed by atoms with E-state index >= 15 is 0 Å². The second-order valence-electron chi connectivity index (χ2n) is 5.07. The van der Waals surface area contributed by atoms with E-state index in [1.54, 1.807) is 0 Å². The summed E-state index contributed by atoms with van der Waals surface area (Å²) in [6, 6.07) is 6.07. The average Bonchev–Trinajstić information content (AvgIpc) is 2.91. The smallest absolute Gasteiger partial charge is 0.321 e. The molecule has 2 rings (SSSR count). The van der Waals surface area contributed by atoms with Gasteiger partial charge < -0.3 is 9.26 Å². The Morgan fingerprint density at radius 3 is 2.44 bits per heavy atom. The highest BCUT2D eigenvalue weighted by molar-refractivity contribution is 7.89. The fraction of sp³-hybridized carbons (Fsp3) is 0.267. The van der Waals surface area contributed by atoms with Crippen LogP contribution in [0.15, 0.2) is 33.7 Å². The normalized spacial score (nSPS) is 11.3. The van der Waals surface area contributed by atoms with Gasteiger partial charge in [-0.25, -0.2) is 8.42 Å². The second-order valence-corrected chi connectivity index (χ2v) is 7.21. The van der Waals surface area contributed by atoms with Crippen molar-refractivity contribution >= 4 is 33.4 Å². The number of rotatable bonds is 7. The zero-order chi connectivity index (χ0) is 18.6. The molecule has 1 N–H and O–H groups in total. The predicted octanol–water partition coefficient (Wildman–Crippen LogP) is 1.65. The fourth-order valence-corrected chi connectivity index (χ4v) is 3.42. The summed E-state index contributed by atoms with van der Waals surface area (Å²) in [6.45, 7) is 1.78. The zero-order valence-electron chi connectivity index (χ0n) is 13.4. The van der Waals surface area contributed by atoms with Crippen molar-refractivity contribution in [2.45, 2.75) is 18.7 Å². The first-order valence-electron chi connectivity index (χ1n) is 7.07. The Hall–Kier alpha value is -2.23. The lowest BCUT2D eigenvalue weighted by molar-refractivity contribution is -0.141. The number of hydrogen-bond donors (Lipinski definition) is 1. The van der Waals surface area contributed by atoms with Gasteiger partial charge in [0.05, 0.1) is 0 Å². The number of halogens is 1. The van der Waals surface area contributed by atoms with E-state index in [9.17, 15) is 18.0 Å². The molecule has 2 aromatic rings. The minimum atomic E-state index is -3.98. The van der Waals surface area contributed by atoms with Gasteiger partial charge in [-0.05, 0) is 38.1 Å². The molecule has 134 valence electrons. The molecule has 1 aromatic carbocycles. The highest BCUT2D eigenvalue weighted by Crippen LogP contribution is 2.18. The lowest BCUT2D eigenvalue weighted by Crippen LogP contribution is -2.32. The Morgan fingerprint density at radius 2 is 1.88 bits per heavy atom. The first kappa shape index (κ1) is 19.1. The molecule has 10 heteroatoms. The van der Waals surface area contributed by atoms with Crippen LogP contribution in [0.5, 0.6) is 0 Å². The number of ether oxygens (including phenoxy) is 1. The summed E-state index contributed by atoms with van der Waals surface area (Å²) in [5.74, 6) is -1.22. The predicted molar refractivity (Wildman–Crippen MR) is 87.9 cm³/mol. The molecule has 0 aliphatic carbocycles. The molecule has 0 saturated carbocycles. The lowest BCUT2D eigenvalue weighted by atomic mass is 10.1. The number of hydrogen-bond acceptors (Lipinski definition) is 7. The van der Waals surface area contributed by atoms with E-state index in [1.807, 2.05) is 0 Å². The van der Waals surface area contributed by atoms with Crippen LogP contribution in [0, 0.1) is 13.8 Å². The third kappa shape index (κ3) is 4.88. The number of carbonyl (C=O) groups excluding carboxylic acids is 2. The first-order valence-corrected chi connectivity index (χ1v) is 8.94. The number of nitrogens with one attached hydrogen (secondary N) is 1. The van der Waals surface area contributed by atoms with Crippen LogP contribution in [-0.4, -0.2) is 38.5 Å². The van der Waals surface area contributed by atoms with Gasteiger partial charge in [0.1, 0.15) is 17.1 Å². The molecule has 0 atom stereocenters. The van der Waals surface area contributed by atoms with Gasteiger partial charge in [0, 0.05) is 10.6 Å². The molecule has 0 aliphatic rings. The minimum absolute atomic E-state index is 0.108. The largest absolute Gasteiger partial charge is 0.456 e. The molecule has 0 saturated heterocycles. The molecule has 8 nitrogen and oxygen atoms in total. The molecule has 1 aromatic heterocycles. The van der Waals surface area contributed by atoms with E-state index in [0.717, 1.165) is 0 Å². The van der Waals surface area contributed by atoms with Gasteiger partial charge in [-0.2, -0.15) is 4.72 Å². The van der Waals surface area contributed by atoms with Crippen molar-refractivity contribution in [3.05, 3.63) is 46.3 Å². The van der Waals surface area contributed by atoms with Crippen molar-refractivity contribution < 1.29 is 27.3 Å². The van der Waals surface area contributed by atoms with E-state index in [1.165, 1.54) is 38.1 Å². The number of nitrogens with zero attached hydrogens (tertiary/aromatic N) is 1. The average molecular weight is 387 g/mol.